The van der Waals surface area contributed by atoms with Crippen molar-refractivity contribution in [1.82, 2.24) is 10.2 Å². The molecule has 0 fully saturated rings. The van der Waals surface area contributed by atoms with Crippen LogP contribution in [0.3, 0.4) is 0 Å². The van der Waals surface area contributed by atoms with Crippen LogP contribution < -0.4 is 5.32 Å². The number of hydrogen-bond acceptors (Lipinski definition) is 6. The number of hydrogen-bond donors (Lipinski definition) is 1. The molecule has 0 spiro atoms. The Kier molecular flexibility index (Phi) is 7.56. The van der Waals surface area contributed by atoms with E-state index < -0.39 is 17.7 Å². The van der Waals surface area contributed by atoms with Gasteiger partial charge in [0, 0.05) is 29.3 Å². The Balaban J connectivity index is 1.74. The number of nitrogens with one attached hydrogen (secondary N) is 1. The molecule has 1 aliphatic heterocycles. The van der Waals surface area contributed by atoms with E-state index in [1.165, 1.54) is 12.0 Å². The maximum atomic E-state index is 13.4. The first kappa shape index (κ1) is 23.8. The van der Waals surface area contributed by atoms with Gasteiger partial charge in [0.2, 0.25) is 5.91 Å². The largest absolute Gasteiger partial charge is 0.469 e. The summed E-state index contributed by atoms with van der Waals surface area (Å²) < 4.78 is 10.1. The van der Waals surface area contributed by atoms with Crippen LogP contribution in [0.1, 0.15) is 41.7 Å². The molecule has 2 heterocycles. The number of ether oxygens (including phenoxy) is 2. The van der Waals surface area contributed by atoms with Crippen LogP contribution in [0.4, 0.5) is 4.79 Å². The van der Waals surface area contributed by atoms with Gasteiger partial charge in [0.25, 0.3) is 0 Å². The van der Waals surface area contributed by atoms with E-state index in [0.717, 1.165) is 22.4 Å². The Morgan fingerprint density at radius 1 is 1.19 bits per heavy atom. The molecule has 1 N–H and O–H groups in total. The first-order valence-electron chi connectivity index (χ1n) is 10.6. The molecule has 0 saturated carbocycles. The molecule has 1 aromatic carbocycles. The Labute approximate surface area is 192 Å². The van der Waals surface area contributed by atoms with E-state index >= 15 is 0 Å². The van der Waals surface area contributed by atoms with E-state index in [1.54, 1.807) is 37.0 Å². The van der Waals surface area contributed by atoms with E-state index in [1.807, 2.05) is 36.4 Å². The van der Waals surface area contributed by atoms with Crippen LogP contribution in [0.25, 0.3) is 0 Å². The van der Waals surface area contributed by atoms with Crippen LogP contribution in [0.5, 0.6) is 0 Å². The summed E-state index contributed by atoms with van der Waals surface area (Å²) in [5.74, 6) is -0.424. The predicted molar refractivity (Wildman–Crippen MR) is 122 cm³/mol. The minimum absolute atomic E-state index is 0.147. The van der Waals surface area contributed by atoms with Crippen LogP contribution in [0, 0.1) is 0 Å². The number of carbonyl (C=O) groups is 3. The third-order valence-corrected chi connectivity index (χ3v) is 6.28. The molecule has 7 nitrogen and oxygen atoms in total. The topological polar surface area (TPSA) is 84.9 Å². The number of esters is 1. The van der Waals surface area contributed by atoms with Gasteiger partial charge in [0.05, 0.1) is 13.5 Å². The predicted octanol–water partition coefficient (Wildman–Crippen LogP) is 3.48. The normalized spacial score (nSPS) is 14.3. The molecule has 1 aliphatic rings. The smallest absolute Gasteiger partial charge is 0.408 e. The highest BCUT2D eigenvalue weighted by Gasteiger charge is 2.31. The number of amides is 2. The summed E-state index contributed by atoms with van der Waals surface area (Å²) in [6.07, 6.45) is 0.718. The Bertz CT molecular complexity index is 965. The second-order valence-electron chi connectivity index (χ2n) is 8.81. The van der Waals surface area contributed by atoms with Crippen molar-refractivity contribution in [1.29, 1.82) is 0 Å². The van der Waals surface area contributed by atoms with Crippen LogP contribution in [-0.4, -0.2) is 48.2 Å². The number of nitrogens with zero attached hydrogens (tertiary/aromatic N) is 1. The molecule has 3 rings (SSSR count). The van der Waals surface area contributed by atoms with E-state index in [4.69, 9.17) is 9.47 Å². The number of methoxy groups -OCH3 is 1. The summed E-state index contributed by atoms with van der Waals surface area (Å²) in [5.41, 5.74) is 1.34. The zero-order chi connectivity index (χ0) is 23.3. The van der Waals surface area contributed by atoms with Crippen molar-refractivity contribution < 1.29 is 23.9 Å². The SMILES string of the molecule is COC(=O)Cc1cc2c(s1)CCN(C(=O)[C@H](Cc1ccccc1)NC(=O)OC(C)(C)C)C2. The summed E-state index contributed by atoms with van der Waals surface area (Å²) in [4.78, 5) is 41.3. The molecule has 2 amide bonds. The number of alkyl carbamates (subject to hydrolysis) is 1. The van der Waals surface area contributed by atoms with Crippen molar-refractivity contribution in [3.05, 3.63) is 57.3 Å². The second-order valence-corrected chi connectivity index (χ2v) is 10.0. The van der Waals surface area contributed by atoms with Crippen molar-refractivity contribution >= 4 is 29.3 Å². The third kappa shape index (κ3) is 6.56. The van der Waals surface area contributed by atoms with Crippen LogP contribution in [0.15, 0.2) is 36.4 Å². The van der Waals surface area contributed by atoms with Crippen molar-refractivity contribution in [2.24, 2.45) is 0 Å². The van der Waals surface area contributed by atoms with E-state index in [9.17, 15) is 14.4 Å². The van der Waals surface area contributed by atoms with Gasteiger partial charge in [-0.05, 0) is 44.4 Å². The summed E-state index contributed by atoms with van der Waals surface area (Å²) >= 11 is 1.59. The first-order chi connectivity index (χ1) is 15.1. The third-order valence-electron chi connectivity index (χ3n) is 5.05. The maximum absolute atomic E-state index is 13.4. The monoisotopic (exact) mass is 458 g/mol. The highest BCUT2D eigenvalue weighted by molar-refractivity contribution is 7.12. The van der Waals surface area contributed by atoms with Gasteiger partial charge in [0.1, 0.15) is 11.6 Å². The lowest BCUT2D eigenvalue weighted by atomic mass is 10.0. The fourth-order valence-electron chi connectivity index (χ4n) is 3.60. The van der Waals surface area contributed by atoms with Gasteiger partial charge in [0.15, 0.2) is 0 Å². The summed E-state index contributed by atoms with van der Waals surface area (Å²) in [6, 6.07) is 10.8. The summed E-state index contributed by atoms with van der Waals surface area (Å²) in [5, 5.41) is 2.77. The Morgan fingerprint density at radius 2 is 1.91 bits per heavy atom. The highest BCUT2D eigenvalue weighted by Crippen LogP contribution is 2.29. The molecule has 0 radical (unpaired) electrons. The van der Waals surface area contributed by atoms with Crippen LogP contribution in [0.2, 0.25) is 0 Å². The molecule has 0 saturated heterocycles. The lowest BCUT2D eigenvalue weighted by Crippen LogP contribution is -2.51. The van der Waals surface area contributed by atoms with E-state index in [2.05, 4.69) is 5.32 Å². The molecular formula is C24H30N2O5S. The standard InChI is InChI=1S/C24H30N2O5S/c1-24(2,3)31-23(29)25-19(12-16-8-6-5-7-9-16)22(28)26-11-10-20-17(15-26)13-18(32-20)14-21(27)30-4/h5-9,13,19H,10-12,14-15H2,1-4H3,(H,25,29)/t19-/m0/s1. The maximum Gasteiger partial charge on any atom is 0.408 e. The minimum atomic E-state index is -0.734. The average molecular weight is 459 g/mol. The van der Waals surface area contributed by atoms with E-state index in [0.29, 0.717) is 19.5 Å². The number of benzene rings is 1. The molecule has 1 aromatic heterocycles. The van der Waals surface area contributed by atoms with Gasteiger partial charge in [-0.25, -0.2) is 4.79 Å². The van der Waals surface area contributed by atoms with E-state index in [-0.39, 0.29) is 18.3 Å². The van der Waals surface area contributed by atoms with Crippen molar-refractivity contribution in [2.45, 2.75) is 58.2 Å². The average Bonchev–Trinajstić information content (AvgIpc) is 3.13. The Morgan fingerprint density at radius 3 is 2.56 bits per heavy atom. The number of thiophene rings is 1. The zero-order valence-electron chi connectivity index (χ0n) is 19.0. The van der Waals surface area contributed by atoms with Crippen molar-refractivity contribution in [3.63, 3.8) is 0 Å². The van der Waals surface area contributed by atoms with Crippen LogP contribution in [-0.2, 0) is 44.9 Å². The van der Waals surface area contributed by atoms with Crippen LogP contribution >= 0.6 is 11.3 Å². The van der Waals surface area contributed by atoms with Gasteiger partial charge in [-0.15, -0.1) is 11.3 Å². The van der Waals surface area contributed by atoms with Crippen molar-refractivity contribution in [3.8, 4) is 0 Å². The number of carbonyl (C=O) groups excluding carboxylic acids is 3. The molecule has 1 atom stereocenters. The van der Waals surface area contributed by atoms with Gasteiger partial charge >= 0.3 is 12.1 Å². The molecule has 8 heteroatoms. The van der Waals surface area contributed by atoms with Gasteiger partial charge < -0.3 is 19.7 Å². The van der Waals surface area contributed by atoms with Gasteiger partial charge in [-0.2, -0.15) is 0 Å². The molecular weight excluding hydrogens is 428 g/mol. The quantitative estimate of drug-likeness (QED) is 0.670. The number of fused-ring (bicyclic) bond motifs is 1. The summed E-state index contributed by atoms with van der Waals surface area (Å²) in [7, 11) is 1.38. The fraction of sp³-hybridized carbons (Fsp3) is 0.458. The molecule has 0 aliphatic carbocycles. The zero-order valence-corrected chi connectivity index (χ0v) is 19.8. The molecule has 0 unspecified atom stereocenters. The molecule has 0 bridgehead atoms. The lowest BCUT2D eigenvalue weighted by molar-refractivity contribution is -0.139. The van der Waals surface area contributed by atoms with Gasteiger partial charge in [-0.1, -0.05) is 30.3 Å². The summed E-state index contributed by atoms with van der Waals surface area (Å²) in [6.45, 7) is 6.37. The molecule has 172 valence electrons. The molecule has 32 heavy (non-hydrogen) atoms. The minimum Gasteiger partial charge on any atom is -0.469 e. The lowest BCUT2D eigenvalue weighted by Gasteiger charge is -2.31. The first-order valence-corrected chi connectivity index (χ1v) is 11.5. The Hall–Kier alpha value is -2.87. The van der Waals surface area contributed by atoms with Gasteiger partial charge in [-0.3, -0.25) is 9.59 Å². The van der Waals surface area contributed by atoms with Crippen molar-refractivity contribution in [2.75, 3.05) is 13.7 Å². The fourth-order valence-corrected chi connectivity index (χ4v) is 4.76. The highest BCUT2D eigenvalue weighted by atomic mass is 32.1. The number of rotatable bonds is 6. The molecule has 2 aromatic rings. The second kappa shape index (κ2) is 10.2.